The van der Waals surface area contributed by atoms with E-state index in [9.17, 15) is 0 Å². The molecule has 7 heteroatoms. The van der Waals surface area contributed by atoms with Crippen LogP contribution in [0, 0.1) is 0 Å². The number of H-pyrrole nitrogens is 1. The van der Waals surface area contributed by atoms with E-state index < -0.39 is 0 Å². The smallest absolute Gasteiger partial charge is 0.177 e. The van der Waals surface area contributed by atoms with E-state index in [2.05, 4.69) is 38.8 Å². The van der Waals surface area contributed by atoms with Gasteiger partial charge in [-0.2, -0.15) is 5.10 Å². The molecule has 25 heavy (non-hydrogen) atoms. The van der Waals surface area contributed by atoms with Gasteiger partial charge in [-0.15, -0.1) is 11.3 Å². The predicted octanol–water partition coefficient (Wildman–Crippen LogP) is 3.61. The van der Waals surface area contributed by atoms with Crippen LogP contribution < -0.4 is 0 Å². The van der Waals surface area contributed by atoms with Gasteiger partial charge in [0.25, 0.3) is 0 Å². The van der Waals surface area contributed by atoms with Gasteiger partial charge in [0.2, 0.25) is 0 Å². The highest BCUT2D eigenvalue weighted by molar-refractivity contribution is 7.15. The average Bonchev–Trinajstić information content (AvgIpc) is 3.37. The van der Waals surface area contributed by atoms with Gasteiger partial charge in [0.15, 0.2) is 11.5 Å². The lowest BCUT2D eigenvalue weighted by atomic mass is 10.1. The average molecular weight is 357 g/mol. The van der Waals surface area contributed by atoms with Gasteiger partial charge in [0.05, 0.1) is 23.2 Å². The van der Waals surface area contributed by atoms with Gasteiger partial charge in [-0.1, -0.05) is 0 Å². The summed E-state index contributed by atoms with van der Waals surface area (Å²) in [5.74, 6) is 0.948. The van der Waals surface area contributed by atoms with Crippen molar-refractivity contribution in [1.82, 2.24) is 24.6 Å². The Morgan fingerprint density at radius 1 is 1.24 bits per heavy atom. The third-order valence-electron chi connectivity index (χ3n) is 5.38. The number of imidazole rings is 1. The lowest BCUT2D eigenvalue weighted by molar-refractivity contribution is 0.114. The number of aromatic nitrogens is 4. The molecule has 3 aromatic heterocycles. The minimum absolute atomic E-state index is 0.276. The van der Waals surface area contributed by atoms with Crippen LogP contribution in [0.1, 0.15) is 42.7 Å². The molecule has 0 radical (unpaired) electrons. The molecule has 0 saturated carbocycles. The molecule has 2 fully saturated rings. The second kappa shape index (κ2) is 6.23. The third-order valence-corrected chi connectivity index (χ3v) is 6.57. The summed E-state index contributed by atoms with van der Waals surface area (Å²) in [6.07, 6.45) is 6.76. The Morgan fingerprint density at radius 2 is 2.12 bits per heavy atom. The number of nitrogens with one attached hydrogen (secondary N) is 1. The van der Waals surface area contributed by atoms with Gasteiger partial charge in [0.1, 0.15) is 5.52 Å². The van der Waals surface area contributed by atoms with E-state index in [0.29, 0.717) is 6.04 Å². The van der Waals surface area contributed by atoms with E-state index in [4.69, 9.17) is 9.72 Å². The van der Waals surface area contributed by atoms with Gasteiger partial charge < -0.3 is 14.6 Å². The number of rotatable bonds is 3. The Balaban J connectivity index is 1.43. The number of hydrogen-bond acceptors (Lipinski definition) is 5. The predicted molar refractivity (Wildman–Crippen MR) is 98.9 cm³/mol. The molecule has 0 amide bonds. The molecular weight excluding hydrogens is 334 g/mol. The van der Waals surface area contributed by atoms with Crippen LogP contribution in [0.2, 0.25) is 0 Å². The number of nitrogens with zero attached hydrogens (tertiary/aromatic N) is 4. The molecule has 5 rings (SSSR count). The van der Waals surface area contributed by atoms with Crippen LogP contribution in [0.3, 0.4) is 0 Å². The summed E-state index contributed by atoms with van der Waals surface area (Å²) in [7, 11) is 2.18. The molecule has 2 saturated heterocycles. The minimum Gasteiger partial charge on any atom is -0.373 e. The van der Waals surface area contributed by atoms with Crippen molar-refractivity contribution >= 4 is 22.5 Å². The van der Waals surface area contributed by atoms with Crippen molar-refractivity contribution in [3.8, 4) is 10.7 Å². The molecule has 0 aromatic carbocycles. The van der Waals surface area contributed by atoms with Crippen molar-refractivity contribution in [3.63, 3.8) is 0 Å². The van der Waals surface area contributed by atoms with Gasteiger partial charge in [0, 0.05) is 11.5 Å². The molecule has 1 atom stereocenters. The molecule has 3 aromatic rings. The first-order valence-electron chi connectivity index (χ1n) is 9.11. The number of fused-ring (bicyclic) bond motifs is 1. The van der Waals surface area contributed by atoms with Crippen molar-refractivity contribution in [2.24, 2.45) is 0 Å². The second-order valence-electron chi connectivity index (χ2n) is 7.15. The third kappa shape index (κ3) is 2.80. The lowest BCUT2D eigenvalue weighted by Gasteiger charge is -2.28. The molecule has 132 valence electrons. The van der Waals surface area contributed by atoms with Crippen LogP contribution in [-0.4, -0.2) is 51.4 Å². The highest BCUT2D eigenvalue weighted by atomic mass is 32.1. The highest BCUT2D eigenvalue weighted by Crippen LogP contribution is 2.37. The number of ether oxygens (including phenoxy) is 1. The maximum Gasteiger partial charge on any atom is 0.177 e. The monoisotopic (exact) mass is 357 g/mol. The van der Waals surface area contributed by atoms with E-state index in [1.165, 1.54) is 9.75 Å². The summed E-state index contributed by atoms with van der Waals surface area (Å²) >= 11 is 1.79. The van der Waals surface area contributed by atoms with E-state index >= 15 is 0 Å². The van der Waals surface area contributed by atoms with Crippen LogP contribution in [0.15, 0.2) is 18.3 Å². The van der Waals surface area contributed by atoms with Crippen LogP contribution in [0.25, 0.3) is 21.9 Å². The SMILES string of the molecule is CN1CCC(n2ncc3[nH]c(-c4ccc([C@H]5CCCO5)s4)nc32)CC1. The Labute approximate surface area is 150 Å². The fraction of sp³-hybridized carbons (Fsp3) is 0.556. The van der Waals surface area contributed by atoms with Crippen molar-refractivity contribution in [1.29, 1.82) is 0 Å². The first-order valence-corrected chi connectivity index (χ1v) is 9.93. The molecule has 5 heterocycles. The van der Waals surface area contributed by atoms with Crippen LogP contribution >= 0.6 is 11.3 Å². The standard InChI is InChI=1S/C18H23N5OS/c1-22-8-6-12(7-9-22)23-18-13(11-19-23)20-17(21-18)16-5-4-15(25-16)14-3-2-10-24-14/h4-5,11-12,14H,2-3,6-10H2,1H3,(H,20,21)/t14-/m1/s1. The van der Waals surface area contributed by atoms with E-state index in [1.807, 2.05) is 6.20 Å². The molecule has 1 N–H and O–H groups in total. The molecule has 0 unspecified atom stereocenters. The number of likely N-dealkylation sites (tertiary alicyclic amines) is 1. The van der Waals surface area contributed by atoms with Gasteiger partial charge in [-0.25, -0.2) is 9.67 Å². The zero-order valence-electron chi connectivity index (χ0n) is 14.4. The Bertz CT molecular complexity index is 867. The summed E-state index contributed by atoms with van der Waals surface area (Å²) in [5.41, 5.74) is 2.01. The zero-order valence-corrected chi connectivity index (χ0v) is 15.3. The minimum atomic E-state index is 0.276. The van der Waals surface area contributed by atoms with Gasteiger partial charge in [-0.3, -0.25) is 0 Å². The van der Waals surface area contributed by atoms with E-state index in [-0.39, 0.29) is 6.10 Å². The zero-order chi connectivity index (χ0) is 16.8. The Hall–Kier alpha value is -1.70. The summed E-state index contributed by atoms with van der Waals surface area (Å²) < 4.78 is 7.92. The number of hydrogen-bond donors (Lipinski definition) is 1. The summed E-state index contributed by atoms with van der Waals surface area (Å²) in [6, 6.07) is 4.80. The molecule has 2 aliphatic rings. The van der Waals surface area contributed by atoms with Crippen LogP contribution in [0.5, 0.6) is 0 Å². The topological polar surface area (TPSA) is 59.0 Å². The highest BCUT2D eigenvalue weighted by Gasteiger charge is 2.23. The Kier molecular flexibility index (Phi) is 3.87. The first kappa shape index (κ1) is 15.5. The molecule has 2 aliphatic heterocycles. The number of aromatic amines is 1. The van der Waals surface area contributed by atoms with Gasteiger partial charge in [-0.05, 0) is 58.0 Å². The molecular formula is C18H23N5OS. The van der Waals surface area contributed by atoms with E-state index in [1.54, 1.807) is 11.3 Å². The lowest BCUT2D eigenvalue weighted by Crippen LogP contribution is -2.31. The normalized spacial score (nSPS) is 23.0. The fourth-order valence-corrected chi connectivity index (χ4v) is 4.93. The molecule has 0 bridgehead atoms. The number of piperidine rings is 1. The summed E-state index contributed by atoms with van der Waals surface area (Å²) in [5, 5.41) is 4.59. The fourth-order valence-electron chi connectivity index (χ4n) is 3.90. The van der Waals surface area contributed by atoms with Crippen molar-refractivity contribution < 1.29 is 4.74 Å². The molecule has 0 aliphatic carbocycles. The maximum absolute atomic E-state index is 5.80. The van der Waals surface area contributed by atoms with Crippen molar-refractivity contribution in [2.75, 3.05) is 26.7 Å². The largest absolute Gasteiger partial charge is 0.373 e. The molecule has 0 spiro atoms. The quantitative estimate of drug-likeness (QED) is 0.778. The van der Waals surface area contributed by atoms with Crippen LogP contribution in [0.4, 0.5) is 0 Å². The first-order chi connectivity index (χ1) is 12.3. The van der Waals surface area contributed by atoms with Crippen LogP contribution in [-0.2, 0) is 4.74 Å². The van der Waals surface area contributed by atoms with E-state index in [0.717, 1.165) is 62.4 Å². The summed E-state index contributed by atoms with van der Waals surface area (Å²) in [4.78, 5) is 13.2. The van der Waals surface area contributed by atoms with Gasteiger partial charge >= 0.3 is 0 Å². The maximum atomic E-state index is 5.80. The summed E-state index contributed by atoms with van der Waals surface area (Å²) in [6.45, 7) is 3.13. The van der Waals surface area contributed by atoms with Crippen molar-refractivity contribution in [3.05, 3.63) is 23.2 Å². The Morgan fingerprint density at radius 3 is 2.92 bits per heavy atom. The second-order valence-corrected chi connectivity index (χ2v) is 8.27. The molecule has 6 nitrogen and oxygen atoms in total. The number of thiophene rings is 1. The van der Waals surface area contributed by atoms with Crippen molar-refractivity contribution in [2.45, 2.75) is 37.8 Å².